The van der Waals surface area contributed by atoms with Crippen molar-refractivity contribution in [3.05, 3.63) is 71.3 Å². The number of sulfonamides is 1. The van der Waals surface area contributed by atoms with Gasteiger partial charge >= 0.3 is 0 Å². The zero-order chi connectivity index (χ0) is 22.5. The lowest BCUT2D eigenvalue weighted by molar-refractivity contribution is -0.121. The number of hydrogen-bond acceptors (Lipinski definition) is 4. The predicted molar refractivity (Wildman–Crippen MR) is 122 cm³/mol. The highest BCUT2D eigenvalue weighted by molar-refractivity contribution is 7.89. The van der Waals surface area contributed by atoms with Crippen LogP contribution in [0, 0.1) is 5.82 Å². The first-order valence-electron chi connectivity index (χ1n) is 10.2. The number of aryl methyl sites for hydroxylation is 1. The molecule has 2 heterocycles. The number of nitrogens with zero attached hydrogens (tertiary/aromatic N) is 3. The number of carbonyl (C=O) groups is 1. The van der Waals surface area contributed by atoms with Crippen LogP contribution in [0.25, 0.3) is 21.0 Å². The van der Waals surface area contributed by atoms with Crippen LogP contribution in [0.1, 0.15) is 12.8 Å². The summed E-state index contributed by atoms with van der Waals surface area (Å²) in [6.07, 6.45) is 0.968. The average molecular weight is 470 g/mol. The van der Waals surface area contributed by atoms with E-state index in [1.54, 1.807) is 0 Å². The number of rotatable bonds is 3. The third-order valence-corrected chi connectivity index (χ3v) is 8.92. The van der Waals surface area contributed by atoms with E-state index in [4.69, 9.17) is 0 Å². The lowest BCUT2D eigenvalue weighted by atomic mass is 10.1. The highest BCUT2D eigenvalue weighted by Crippen LogP contribution is 2.29. The van der Waals surface area contributed by atoms with Crippen LogP contribution in [-0.4, -0.2) is 35.8 Å². The number of amides is 1. The lowest BCUT2D eigenvalue weighted by Crippen LogP contribution is -2.40. The van der Waals surface area contributed by atoms with Gasteiger partial charge in [0.25, 0.3) is 5.91 Å². The van der Waals surface area contributed by atoms with Crippen LogP contribution in [-0.2, 0) is 21.9 Å². The Hall–Kier alpha value is -2.88. The molecule has 3 aromatic carbocycles. The summed E-state index contributed by atoms with van der Waals surface area (Å²) in [5.74, 6) is -1.00. The second-order valence-corrected chi connectivity index (χ2v) is 10.6. The second-order valence-electron chi connectivity index (χ2n) is 7.76. The Bertz CT molecular complexity index is 1520. The van der Waals surface area contributed by atoms with E-state index in [0.717, 1.165) is 33.1 Å². The fraction of sp³-hybridized carbons (Fsp3) is 0.217. The number of aromatic nitrogens is 1. The minimum atomic E-state index is -3.92. The first-order valence-corrected chi connectivity index (χ1v) is 12.5. The molecular formula is C23H20FN3O3S2. The van der Waals surface area contributed by atoms with E-state index in [-0.39, 0.29) is 11.4 Å². The van der Waals surface area contributed by atoms with Gasteiger partial charge in [-0.25, -0.2) is 12.8 Å². The molecule has 4 aromatic rings. The molecule has 1 amide bonds. The van der Waals surface area contributed by atoms with E-state index in [0.29, 0.717) is 17.6 Å². The van der Waals surface area contributed by atoms with Gasteiger partial charge in [-0.05, 0) is 48.6 Å². The van der Waals surface area contributed by atoms with Crippen molar-refractivity contribution >= 4 is 48.3 Å². The van der Waals surface area contributed by atoms with Crippen LogP contribution in [0.2, 0.25) is 0 Å². The molecule has 5 rings (SSSR count). The highest BCUT2D eigenvalue weighted by atomic mass is 32.2. The molecular weight excluding hydrogens is 449 g/mol. The van der Waals surface area contributed by atoms with Crippen LogP contribution in [0.3, 0.4) is 0 Å². The molecule has 0 aliphatic carbocycles. The van der Waals surface area contributed by atoms with Gasteiger partial charge in [0.2, 0.25) is 10.0 Å². The molecule has 0 N–H and O–H groups in total. The standard InChI is InChI=1S/C23H20FN3O3S2/c1-26-19-13-8-15-5-2-3-6-18(15)21(19)31-23(26)25-22(28)20-7-4-14-27(20)32(29,30)17-11-9-16(24)10-12-17/h2-3,5-6,8-13,20H,4,7,14H2,1H3. The summed E-state index contributed by atoms with van der Waals surface area (Å²) >= 11 is 1.41. The Balaban J connectivity index is 1.54. The molecule has 1 unspecified atom stereocenters. The van der Waals surface area contributed by atoms with Gasteiger partial charge < -0.3 is 4.57 Å². The van der Waals surface area contributed by atoms with Gasteiger partial charge in [0.15, 0.2) is 4.80 Å². The van der Waals surface area contributed by atoms with Crippen molar-refractivity contribution in [1.29, 1.82) is 0 Å². The summed E-state index contributed by atoms with van der Waals surface area (Å²) in [6.45, 7) is 0.231. The van der Waals surface area contributed by atoms with Crippen LogP contribution in [0.5, 0.6) is 0 Å². The van der Waals surface area contributed by atoms with E-state index in [9.17, 15) is 17.6 Å². The minimum absolute atomic E-state index is 0.0301. The molecule has 1 aliphatic heterocycles. The molecule has 1 fully saturated rings. The molecule has 1 saturated heterocycles. The Labute approximate surface area is 188 Å². The van der Waals surface area contributed by atoms with Crippen LogP contribution in [0.4, 0.5) is 4.39 Å². The van der Waals surface area contributed by atoms with E-state index >= 15 is 0 Å². The van der Waals surface area contributed by atoms with Crippen molar-refractivity contribution in [1.82, 2.24) is 8.87 Å². The van der Waals surface area contributed by atoms with Gasteiger partial charge in [-0.1, -0.05) is 41.7 Å². The fourth-order valence-electron chi connectivity index (χ4n) is 4.15. The molecule has 9 heteroatoms. The van der Waals surface area contributed by atoms with E-state index < -0.39 is 27.8 Å². The average Bonchev–Trinajstić information content (AvgIpc) is 3.40. The molecule has 1 atom stereocenters. The molecule has 0 bridgehead atoms. The van der Waals surface area contributed by atoms with Gasteiger partial charge in [-0.3, -0.25) is 4.79 Å². The third kappa shape index (κ3) is 3.46. The number of carbonyl (C=O) groups excluding carboxylic acids is 1. The van der Waals surface area contributed by atoms with E-state index in [1.807, 2.05) is 48.0 Å². The Kier molecular flexibility index (Phi) is 5.19. The monoisotopic (exact) mass is 469 g/mol. The highest BCUT2D eigenvalue weighted by Gasteiger charge is 2.39. The summed E-state index contributed by atoms with van der Waals surface area (Å²) in [5, 5.41) is 2.19. The molecule has 1 aromatic heterocycles. The maximum Gasteiger partial charge on any atom is 0.266 e. The van der Waals surface area contributed by atoms with Crippen LogP contribution in [0.15, 0.2) is 70.6 Å². The molecule has 0 spiro atoms. The quantitative estimate of drug-likeness (QED) is 0.458. The first-order chi connectivity index (χ1) is 15.4. The number of thiazole rings is 1. The van der Waals surface area contributed by atoms with E-state index in [2.05, 4.69) is 4.99 Å². The van der Waals surface area contributed by atoms with Gasteiger partial charge in [0, 0.05) is 19.0 Å². The molecule has 1 aliphatic rings. The number of hydrogen-bond donors (Lipinski definition) is 0. The van der Waals surface area contributed by atoms with Crippen molar-refractivity contribution in [3.63, 3.8) is 0 Å². The predicted octanol–water partition coefficient (Wildman–Crippen LogP) is 3.81. The number of benzene rings is 3. The number of fused-ring (bicyclic) bond motifs is 3. The topological polar surface area (TPSA) is 71.7 Å². The van der Waals surface area contributed by atoms with Crippen molar-refractivity contribution in [3.8, 4) is 0 Å². The van der Waals surface area contributed by atoms with Gasteiger partial charge in [-0.15, -0.1) is 0 Å². The van der Waals surface area contributed by atoms with Crippen molar-refractivity contribution < 1.29 is 17.6 Å². The van der Waals surface area contributed by atoms with E-state index in [1.165, 1.54) is 27.8 Å². The van der Waals surface area contributed by atoms with Gasteiger partial charge in [0.1, 0.15) is 11.9 Å². The molecule has 32 heavy (non-hydrogen) atoms. The minimum Gasteiger partial charge on any atom is -0.319 e. The molecule has 0 saturated carbocycles. The van der Waals surface area contributed by atoms with Crippen LogP contribution < -0.4 is 4.80 Å². The van der Waals surface area contributed by atoms with Crippen molar-refractivity contribution in [2.75, 3.05) is 6.54 Å². The summed E-state index contributed by atoms with van der Waals surface area (Å²) < 4.78 is 43.5. The van der Waals surface area contributed by atoms with Crippen molar-refractivity contribution in [2.24, 2.45) is 12.0 Å². The largest absolute Gasteiger partial charge is 0.319 e. The SMILES string of the molecule is Cn1c(=NC(=O)C2CCCN2S(=O)(=O)c2ccc(F)cc2)sc2c3ccccc3ccc21. The van der Waals surface area contributed by atoms with Gasteiger partial charge in [-0.2, -0.15) is 9.30 Å². The Morgan fingerprint density at radius 2 is 1.84 bits per heavy atom. The molecule has 164 valence electrons. The van der Waals surface area contributed by atoms with Gasteiger partial charge in [0.05, 0.1) is 15.1 Å². The first kappa shape index (κ1) is 21.0. The molecule has 0 radical (unpaired) electrons. The summed E-state index contributed by atoms with van der Waals surface area (Å²) in [6, 6.07) is 15.8. The maximum atomic E-state index is 13.2. The summed E-state index contributed by atoms with van der Waals surface area (Å²) in [7, 11) is -2.07. The zero-order valence-electron chi connectivity index (χ0n) is 17.2. The van der Waals surface area contributed by atoms with Crippen LogP contribution >= 0.6 is 11.3 Å². The van der Waals surface area contributed by atoms with Crippen molar-refractivity contribution in [2.45, 2.75) is 23.8 Å². The second kappa shape index (κ2) is 7.91. The molecule has 6 nitrogen and oxygen atoms in total. The lowest BCUT2D eigenvalue weighted by Gasteiger charge is -2.21. The Morgan fingerprint density at radius 3 is 2.62 bits per heavy atom. The Morgan fingerprint density at radius 1 is 1.09 bits per heavy atom. The third-order valence-electron chi connectivity index (χ3n) is 5.82. The smallest absolute Gasteiger partial charge is 0.266 e. The normalized spacial score (nSPS) is 18.1. The summed E-state index contributed by atoms with van der Waals surface area (Å²) in [4.78, 5) is 17.9. The maximum absolute atomic E-state index is 13.2. The zero-order valence-corrected chi connectivity index (χ0v) is 18.9. The summed E-state index contributed by atoms with van der Waals surface area (Å²) in [5.41, 5.74) is 0.961. The fourth-order valence-corrected chi connectivity index (χ4v) is 6.96. The number of halogens is 1.